The Morgan fingerprint density at radius 1 is 0.714 bits per heavy atom. The number of azo groups is 2. The molecule has 0 unspecified atom stereocenters. The van der Waals surface area contributed by atoms with Crippen molar-refractivity contribution in [2.24, 2.45) is 20.5 Å². The molecule has 0 bridgehead atoms. The normalized spacial score (nSPS) is 12.8. The highest BCUT2D eigenvalue weighted by Crippen LogP contribution is 2.48. The van der Waals surface area contributed by atoms with Crippen molar-refractivity contribution < 1.29 is 54.0 Å². The number of nitro benzene ring substituents is 1. The minimum atomic E-state index is -5.22. The molecule has 0 saturated heterocycles. The number of rotatable bonds is 9. The summed E-state index contributed by atoms with van der Waals surface area (Å²) >= 11 is 0. The zero-order valence-electron chi connectivity index (χ0n) is 24.1. The van der Waals surface area contributed by atoms with Crippen molar-refractivity contribution in [1.29, 1.82) is 0 Å². The summed E-state index contributed by atoms with van der Waals surface area (Å²) in [6, 6.07) is 11.9. The minimum absolute atomic E-state index is 0.0514. The van der Waals surface area contributed by atoms with Crippen LogP contribution in [0.4, 0.5) is 34.1 Å². The molecule has 0 aliphatic heterocycles. The number of benzene rings is 5. The molecule has 0 atom stereocenters. The van der Waals surface area contributed by atoms with E-state index in [1.54, 1.807) is 0 Å². The van der Waals surface area contributed by atoms with E-state index in [0.29, 0.717) is 6.07 Å². The lowest BCUT2D eigenvalue weighted by Crippen LogP contribution is -2.05. The molecule has 22 heteroatoms. The van der Waals surface area contributed by atoms with Crippen LogP contribution in [0.25, 0.3) is 21.5 Å². The predicted octanol–water partition coefficient (Wildman–Crippen LogP) is 5.61. The Labute approximate surface area is 275 Å². The molecule has 0 fully saturated rings. The second-order valence-corrected chi connectivity index (χ2v) is 14.3. The summed E-state index contributed by atoms with van der Waals surface area (Å²) in [6.45, 7) is 0. The Kier molecular flexibility index (Phi) is 8.79. The molecule has 254 valence electrons. The first kappa shape index (κ1) is 34.7. The predicted molar refractivity (Wildman–Crippen MR) is 172 cm³/mol. The van der Waals surface area contributed by atoms with Gasteiger partial charge in [-0.2, -0.15) is 30.4 Å². The van der Waals surface area contributed by atoms with E-state index in [-0.39, 0.29) is 33.5 Å². The average molecular weight is 733 g/mol. The fourth-order valence-corrected chi connectivity index (χ4v) is 6.78. The first-order valence-electron chi connectivity index (χ1n) is 13.1. The zero-order valence-corrected chi connectivity index (χ0v) is 26.5. The lowest BCUT2D eigenvalue weighted by atomic mass is 10.0. The second-order valence-electron chi connectivity index (χ2n) is 10.1. The van der Waals surface area contributed by atoms with Crippen LogP contribution < -0.4 is 5.73 Å². The molecule has 0 aromatic heterocycles. The summed E-state index contributed by atoms with van der Waals surface area (Å²) in [7, 11) is -14.8. The van der Waals surface area contributed by atoms with Gasteiger partial charge in [-0.25, -0.2) is 0 Å². The van der Waals surface area contributed by atoms with Gasteiger partial charge in [-0.15, -0.1) is 15.3 Å². The maximum absolute atomic E-state index is 12.4. The van der Waals surface area contributed by atoms with Crippen LogP contribution in [-0.2, 0) is 36.1 Å². The molecule has 0 aliphatic carbocycles. The number of aromatic hydroxyl groups is 2. The van der Waals surface area contributed by atoms with Crippen LogP contribution >= 0.6 is 0 Å². The summed E-state index contributed by atoms with van der Waals surface area (Å²) in [5.74, 6) is -2.70. The fraction of sp³-hybridized carbons (Fsp3) is 0.0370. The van der Waals surface area contributed by atoms with Crippen LogP contribution in [0.3, 0.4) is 0 Å². The summed E-state index contributed by atoms with van der Waals surface area (Å²) < 4.78 is 102. The van der Waals surface area contributed by atoms with Gasteiger partial charge in [-0.05, 0) is 53.4 Å². The molecule has 0 spiro atoms. The highest BCUT2D eigenvalue weighted by molar-refractivity contribution is 7.86. The maximum Gasteiger partial charge on any atom is 0.296 e. The van der Waals surface area contributed by atoms with E-state index in [9.17, 15) is 59.2 Å². The monoisotopic (exact) mass is 732 g/mol. The Balaban J connectivity index is 1.77. The van der Waals surface area contributed by atoms with Gasteiger partial charge < -0.3 is 15.9 Å². The molecular weight excluding hydrogens is 713 g/mol. The average Bonchev–Trinajstić information content (AvgIpc) is 2.99. The molecule has 5 aromatic carbocycles. The van der Waals surface area contributed by atoms with Gasteiger partial charge in [-0.1, -0.05) is 12.1 Å². The number of nitrogens with zero attached hydrogens (tertiary/aromatic N) is 5. The van der Waals surface area contributed by atoms with E-state index >= 15 is 0 Å². The van der Waals surface area contributed by atoms with Crippen LogP contribution in [0.15, 0.2) is 97.0 Å². The topological polar surface area (TPSA) is 322 Å². The Hall–Kier alpha value is -5.65. The molecule has 49 heavy (non-hydrogen) atoms. The molecular formula is C27H20N6O13S3. The number of non-ortho nitro benzene ring substituents is 1. The van der Waals surface area contributed by atoms with Gasteiger partial charge in [0.15, 0.2) is 5.75 Å². The first-order chi connectivity index (χ1) is 22.8. The largest absolute Gasteiger partial charge is 0.507 e. The number of nitrogen functional groups attached to an aromatic ring is 1. The summed E-state index contributed by atoms with van der Waals surface area (Å²) in [4.78, 5) is 8.63. The third-order valence-electron chi connectivity index (χ3n) is 6.88. The van der Waals surface area contributed by atoms with Crippen molar-refractivity contribution >= 4 is 86.0 Å². The molecule has 5 aromatic rings. The smallest absolute Gasteiger partial charge is 0.296 e. The molecule has 5 rings (SSSR count). The summed E-state index contributed by atoms with van der Waals surface area (Å²) in [6.07, 6.45) is 0. The lowest BCUT2D eigenvalue weighted by Gasteiger charge is -2.15. The van der Waals surface area contributed by atoms with E-state index in [1.165, 1.54) is 18.2 Å². The fourth-order valence-electron chi connectivity index (χ4n) is 4.81. The van der Waals surface area contributed by atoms with Crippen molar-refractivity contribution in [2.75, 3.05) is 5.73 Å². The van der Waals surface area contributed by atoms with Crippen molar-refractivity contribution in [2.45, 2.75) is 15.5 Å². The van der Waals surface area contributed by atoms with E-state index in [2.05, 4.69) is 20.5 Å². The maximum atomic E-state index is 12.4. The third kappa shape index (κ3) is 7.13. The van der Waals surface area contributed by atoms with Crippen molar-refractivity contribution in [3.05, 3.63) is 82.4 Å². The molecule has 0 saturated carbocycles. The number of fused-ring (bicyclic) bond motifs is 2. The Bertz CT molecular complexity index is 2610. The number of hydrogen-bond donors (Lipinski definition) is 6. The summed E-state index contributed by atoms with van der Waals surface area (Å²) in [5, 5.41) is 46.9. The standard InChI is InChI=1S/C27H20N6O13S3/c28-25-19(31-30-18-8-9-21(48(41,42)43)16-2-1-3-20(34)23(16)18)10-13(12-47(38,39)40)17-11-22(49(44,45)46)26(27(35)24(17)25)32-29-14-4-6-15(7-5-14)33(36)37/h1-11,34-35H,12,28H2,(H,38,39,40)(H,41,42,43)(H,44,45,46). The number of anilines is 1. The van der Waals surface area contributed by atoms with Crippen molar-refractivity contribution in [1.82, 2.24) is 0 Å². The first-order valence-corrected chi connectivity index (χ1v) is 17.6. The second kappa shape index (κ2) is 12.4. The highest BCUT2D eigenvalue weighted by atomic mass is 32.2. The van der Waals surface area contributed by atoms with Crippen LogP contribution in [0.1, 0.15) is 5.56 Å². The van der Waals surface area contributed by atoms with Gasteiger partial charge >= 0.3 is 0 Å². The van der Waals surface area contributed by atoms with Crippen molar-refractivity contribution in [3.63, 3.8) is 0 Å². The van der Waals surface area contributed by atoms with E-state index in [4.69, 9.17) is 5.73 Å². The van der Waals surface area contributed by atoms with Gasteiger partial charge in [0, 0.05) is 17.5 Å². The lowest BCUT2D eigenvalue weighted by molar-refractivity contribution is -0.384. The van der Waals surface area contributed by atoms with Crippen LogP contribution in [0.2, 0.25) is 0 Å². The van der Waals surface area contributed by atoms with Crippen LogP contribution in [-0.4, -0.2) is 54.0 Å². The van der Waals surface area contributed by atoms with Crippen molar-refractivity contribution in [3.8, 4) is 11.5 Å². The highest BCUT2D eigenvalue weighted by Gasteiger charge is 2.27. The number of hydrogen-bond acceptors (Lipinski definition) is 15. The number of phenols is 2. The van der Waals surface area contributed by atoms with Crippen LogP contribution in [0.5, 0.6) is 11.5 Å². The van der Waals surface area contributed by atoms with Crippen LogP contribution in [0, 0.1) is 10.1 Å². The Morgan fingerprint density at radius 3 is 1.94 bits per heavy atom. The van der Waals surface area contributed by atoms with Gasteiger partial charge in [0.1, 0.15) is 32.7 Å². The minimum Gasteiger partial charge on any atom is -0.507 e. The third-order valence-corrected chi connectivity index (χ3v) is 9.34. The van der Waals surface area contributed by atoms with Gasteiger partial charge in [0.2, 0.25) is 0 Å². The molecule has 0 heterocycles. The number of phenolic OH excluding ortho intramolecular Hbond substituents is 2. The van der Waals surface area contributed by atoms with Gasteiger partial charge in [0.25, 0.3) is 36.0 Å². The summed E-state index contributed by atoms with van der Waals surface area (Å²) in [5.41, 5.74) is 3.63. The molecule has 0 aliphatic rings. The number of nitrogens with two attached hydrogens (primary N) is 1. The Morgan fingerprint density at radius 2 is 1.35 bits per heavy atom. The van der Waals surface area contributed by atoms with E-state index in [1.807, 2.05) is 0 Å². The zero-order chi connectivity index (χ0) is 36.1. The number of nitro groups is 1. The molecule has 0 amide bonds. The van der Waals surface area contributed by atoms with E-state index in [0.717, 1.165) is 42.5 Å². The van der Waals surface area contributed by atoms with E-state index < -0.39 is 90.0 Å². The quantitative estimate of drug-likeness (QED) is 0.0353. The van der Waals surface area contributed by atoms with Gasteiger partial charge in [-0.3, -0.25) is 23.8 Å². The van der Waals surface area contributed by atoms with Gasteiger partial charge in [0.05, 0.1) is 32.8 Å². The molecule has 7 N–H and O–H groups in total. The molecule has 19 nitrogen and oxygen atoms in total. The SMILES string of the molecule is Nc1c(N=Nc2ccc(S(=O)(=O)O)c3cccc(O)c23)cc(CS(=O)(=O)O)c2cc(S(=O)(=O)O)c(N=Nc3ccc([N+](=O)[O-])cc3)c(O)c12. The molecule has 0 radical (unpaired) electrons.